The van der Waals surface area contributed by atoms with E-state index in [2.05, 4.69) is 10.3 Å². The number of methoxy groups -OCH3 is 2. The maximum atomic E-state index is 13.3. The minimum atomic E-state index is -0.910. The summed E-state index contributed by atoms with van der Waals surface area (Å²) >= 11 is 6.37. The second-order valence-electron chi connectivity index (χ2n) is 9.26. The molecule has 0 bridgehead atoms. The van der Waals surface area contributed by atoms with E-state index in [0.717, 1.165) is 27.8 Å². The van der Waals surface area contributed by atoms with E-state index in [1.54, 1.807) is 49.0 Å². The zero-order chi connectivity index (χ0) is 27.0. The molecule has 0 unspecified atom stereocenters. The van der Waals surface area contributed by atoms with Crippen LogP contribution in [0.25, 0.3) is 11.0 Å². The number of rotatable bonds is 7. The van der Waals surface area contributed by atoms with Gasteiger partial charge < -0.3 is 19.5 Å². The number of benzene rings is 3. The first-order valence-corrected chi connectivity index (χ1v) is 12.5. The summed E-state index contributed by atoms with van der Waals surface area (Å²) in [6.07, 6.45) is 0.487. The van der Waals surface area contributed by atoms with E-state index in [1.807, 2.05) is 30.3 Å². The number of hydrogen-bond donors (Lipinski definition) is 1. The van der Waals surface area contributed by atoms with Crippen LogP contribution in [0.15, 0.2) is 48.5 Å². The van der Waals surface area contributed by atoms with Gasteiger partial charge in [0.05, 0.1) is 31.2 Å². The normalized spacial score (nSPS) is 13.7. The Balaban J connectivity index is 1.51. The van der Waals surface area contributed by atoms with Crippen molar-refractivity contribution in [2.45, 2.75) is 25.3 Å². The highest BCUT2D eigenvalue weighted by Gasteiger charge is 2.29. The van der Waals surface area contributed by atoms with Crippen molar-refractivity contribution in [3.05, 3.63) is 81.4 Å². The van der Waals surface area contributed by atoms with Crippen molar-refractivity contribution in [1.82, 2.24) is 19.9 Å². The molecule has 1 amide bonds. The average molecular weight is 535 g/mol. The van der Waals surface area contributed by atoms with E-state index in [0.29, 0.717) is 47.1 Å². The van der Waals surface area contributed by atoms with Crippen molar-refractivity contribution in [2.75, 3.05) is 20.8 Å². The van der Waals surface area contributed by atoms with Gasteiger partial charge in [0.2, 0.25) is 0 Å². The third-order valence-electron chi connectivity index (χ3n) is 7.06. The Morgan fingerprint density at radius 3 is 2.66 bits per heavy atom. The van der Waals surface area contributed by atoms with Crippen LogP contribution in [0.2, 0.25) is 5.02 Å². The van der Waals surface area contributed by atoms with Crippen molar-refractivity contribution in [1.29, 1.82) is 0 Å². The Hall–Kier alpha value is -4.11. The molecule has 1 aliphatic heterocycles. The molecule has 9 nitrogen and oxygen atoms in total. The molecule has 0 spiro atoms. The molecule has 0 saturated carbocycles. The zero-order valence-corrected chi connectivity index (χ0v) is 22.0. The molecule has 1 atom stereocenters. The summed E-state index contributed by atoms with van der Waals surface area (Å²) in [5.74, 6) is -0.332. The molecular weight excluding hydrogens is 508 g/mol. The summed E-state index contributed by atoms with van der Waals surface area (Å²) in [5.41, 5.74) is 5.54. The molecular formula is C28H27ClN4O5. The lowest BCUT2D eigenvalue weighted by atomic mass is 9.82. The van der Waals surface area contributed by atoms with Gasteiger partial charge in [0.15, 0.2) is 0 Å². The summed E-state index contributed by atoms with van der Waals surface area (Å²) in [5, 5.41) is 18.5. The maximum Gasteiger partial charge on any atom is 0.304 e. The lowest BCUT2D eigenvalue weighted by molar-refractivity contribution is -0.137. The predicted octanol–water partition coefficient (Wildman–Crippen LogP) is 4.44. The van der Waals surface area contributed by atoms with Crippen molar-refractivity contribution < 1.29 is 24.2 Å². The summed E-state index contributed by atoms with van der Waals surface area (Å²) in [4.78, 5) is 27.1. The molecule has 0 aliphatic carbocycles. The molecule has 196 valence electrons. The van der Waals surface area contributed by atoms with E-state index in [1.165, 1.54) is 0 Å². The highest BCUT2D eigenvalue weighted by atomic mass is 35.5. The van der Waals surface area contributed by atoms with Gasteiger partial charge >= 0.3 is 5.97 Å². The van der Waals surface area contributed by atoms with Crippen LogP contribution in [-0.4, -0.2) is 57.6 Å². The fraction of sp³-hybridized carbons (Fsp3) is 0.286. The standard InChI is InChI=1S/C28H27ClN4O5/c1-32-27-24(30-31-32)11-17(12-25(27)38-3)22(14-26(34)35)20-6-4-5-16-15-33(10-9-19(16)20)28(36)21-8-7-18(37-2)13-23(21)29/h4-8,11-13,22H,9-10,14-15H2,1-3H3,(H,34,35)/t22-/m1/s1. The first-order valence-electron chi connectivity index (χ1n) is 12.1. The minimum Gasteiger partial charge on any atom is -0.497 e. The van der Waals surface area contributed by atoms with Crippen LogP contribution in [0, 0.1) is 0 Å². The number of carboxylic acid groups (broad SMARTS) is 1. The van der Waals surface area contributed by atoms with Crippen LogP contribution in [0.5, 0.6) is 11.5 Å². The largest absolute Gasteiger partial charge is 0.497 e. The SMILES string of the molecule is COc1ccc(C(=O)N2CCc3c(cccc3[C@H](CC(=O)O)c3cc(OC)c4c(c3)nnn4C)C2)c(Cl)c1. The van der Waals surface area contributed by atoms with Crippen LogP contribution in [0.1, 0.15) is 45.0 Å². The summed E-state index contributed by atoms with van der Waals surface area (Å²) in [6, 6.07) is 14.6. The molecule has 5 rings (SSSR count). The van der Waals surface area contributed by atoms with E-state index >= 15 is 0 Å². The van der Waals surface area contributed by atoms with Crippen molar-refractivity contribution in [3.8, 4) is 11.5 Å². The quantitative estimate of drug-likeness (QED) is 0.373. The Kier molecular flexibility index (Phi) is 6.94. The summed E-state index contributed by atoms with van der Waals surface area (Å²) < 4.78 is 12.4. The van der Waals surface area contributed by atoms with Gasteiger partial charge in [0.1, 0.15) is 22.5 Å². The number of aromatic nitrogens is 3. The molecule has 0 fully saturated rings. The molecule has 38 heavy (non-hydrogen) atoms. The zero-order valence-electron chi connectivity index (χ0n) is 21.3. The number of hydrogen-bond acceptors (Lipinski definition) is 6. The van der Waals surface area contributed by atoms with Crippen LogP contribution < -0.4 is 9.47 Å². The number of amides is 1. The number of nitrogens with zero attached hydrogens (tertiary/aromatic N) is 4. The Labute approximate surface area is 224 Å². The van der Waals surface area contributed by atoms with E-state index < -0.39 is 11.9 Å². The second-order valence-corrected chi connectivity index (χ2v) is 9.67. The number of fused-ring (bicyclic) bond motifs is 2. The summed E-state index contributed by atoms with van der Waals surface area (Å²) in [7, 11) is 4.90. The lowest BCUT2D eigenvalue weighted by Crippen LogP contribution is -2.36. The van der Waals surface area contributed by atoms with Crippen LogP contribution in [0.4, 0.5) is 0 Å². The van der Waals surface area contributed by atoms with Gasteiger partial charge in [-0.1, -0.05) is 35.0 Å². The van der Waals surface area contributed by atoms with Crippen LogP contribution >= 0.6 is 11.6 Å². The molecule has 0 radical (unpaired) electrons. The fourth-order valence-corrected chi connectivity index (χ4v) is 5.47. The second kappa shape index (κ2) is 10.3. The van der Waals surface area contributed by atoms with Gasteiger partial charge in [-0.15, -0.1) is 5.10 Å². The van der Waals surface area contributed by atoms with E-state index in [4.69, 9.17) is 21.1 Å². The smallest absolute Gasteiger partial charge is 0.304 e. The van der Waals surface area contributed by atoms with Crippen molar-refractivity contribution in [3.63, 3.8) is 0 Å². The molecule has 0 saturated heterocycles. The monoisotopic (exact) mass is 534 g/mol. The highest BCUT2D eigenvalue weighted by Crippen LogP contribution is 2.38. The van der Waals surface area contributed by atoms with Crippen LogP contribution in [-0.2, 0) is 24.8 Å². The molecule has 3 aromatic carbocycles. The van der Waals surface area contributed by atoms with E-state index in [9.17, 15) is 14.7 Å². The maximum absolute atomic E-state index is 13.3. The lowest BCUT2D eigenvalue weighted by Gasteiger charge is -2.32. The Bertz CT molecular complexity index is 1550. The number of halogens is 1. The number of aliphatic carboxylic acids is 1. The van der Waals surface area contributed by atoms with Gasteiger partial charge in [-0.2, -0.15) is 0 Å². The number of ether oxygens (including phenoxy) is 2. The number of carboxylic acids is 1. The minimum absolute atomic E-state index is 0.102. The fourth-order valence-electron chi connectivity index (χ4n) is 5.22. The van der Waals surface area contributed by atoms with Gasteiger partial charge in [-0.25, -0.2) is 4.68 Å². The summed E-state index contributed by atoms with van der Waals surface area (Å²) in [6.45, 7) is 0.883. The molecule has 1 aliphatic rings. The number of carbonyl (C=O) groups excluding carboxylic acids is 1. The van der Waals surface area contributed by atoms with Gasteiger partial charge in [0.25, 0.3) is 5.91 Å². The predicted molar refractivity (Wildman–Crippen MR) is 142 cm³/mol. The molecule has 4 aromatic rings. The molecule has 10 heteroatoms. The third kappa shape index (κ3) is 4.65. The van der Waals surface area contributed by atoms with E-state index in [-0.39, 0.29) is 12.3 Å². The van der Waals surface area contributed by atoms with Crippen molar-refractivity contribution in [2.24, 2.45) is 7.05 Å². The third-order valence-corrected chi connectivity index (χ3v) is 7.37. The van der Waals surface area contributed by atoms with Gasteiger partial charge in [-0.3, -0.25) is 9.59 Å². The first-order chi connectivity index (χ1) is 18.3. The van der Waals surface area contributed by atoms with Gasteiger partial charge in [-0.05, 0) is 59.0 Å². The number of carbonyl (C=O) groups is 2. The van der Waals surface area contributed by atoms with Crippen LogP contribution in [0.3, 0.4) is 0 Å². The first kappa shape index (κ1) is 25.5. The highest BCUT2D eigenvalue weighted by molar-refractivity contribution is 6.34. The molecule has 1 aromatic heterocycles. The van der Waals surface area contributed by atoms with Crippen molar-refractivity contribution >= 4 is 34.5 Å². The topological polar surface area (TPSA) is 107 Å². The Morgan fingerprint density at radius 1 is 1.13 bits per heavy atom. The number of aryl methyl sites for hydroxylation is 1. The van der Waals surface area contributed by atoms with Gasteiger partial charge in [0, 0.05) is 26.1 Å². The Morgan fingerprint density at radius 2 is 1.95 bits per heavy atom. The average Bonchev–Trinajstić information content (AvgIpc) is 3.30. The molecule has 1 N–H and O–H groups in total. The molecule has 2 heterocycles.